The maximum Gasteiger partial charge on any atom is 0.228 e. The van der Waals surface area contributed by atoms with Gasteiger partial charge in [-0.3, -0.25) is 9.48 Å². The highest BCUT2D eigenvalue weighted by molar-refractivity contribution is 5.94. The number of hydrogen-bond donors (Lipinski definition) is 1. The summed E-state index contributed by atoms with van der Waals surface area (Å²) >= 11 is 0. The van der Waals surface area contributed by atoms with Gasteiger partial charge in [-0.1, -0.05) is 0 Å². The highest BCUT2D eigenvalue weighted by Crippen LogP contribution is 2.30. The lowest BCUT2D eigenvalue weighted by atomic mass is 10.3. The summed E-state index contributed by atoms with van der Waals surface area (Å²) in [4.78, 5) is 11.4. The van der Waals surface area contributed by atoms with Crippen LogP contribution in [0.2, 0.25) is 0 Å². The van der Waals surface area contributed by atoms with Crippen LogP contribution in [0.4, 0.5) is 5.82 Å². The Morgan fingerprint density at radius 1 is 1.79 bits per heavy atom. The predicted octanol–water partition coefficient (Wildman–Crippen LogP) is 0.640. The first-order chi connectivity index (χ1) is 6.70. The number of amides is 1. The second kappa shape index (κ2) is 3.14. The average Bonchev–Trinajstić information content (AvgIpc) is 2.92. The highest BCUT2D eigenvalue weighted by Gasteiger charge is 2.30. The van der Waals surface area contributed by atoms with Crippen LogP contribution in [0.25, 0.3) is 0 Å². The Morgan fingerprint density at radius 3 is 3.07 bits per heavy atom. The molecule has 0 spiro atoms. The molecule has 1 aromatic rings. The van der Waals surface area contributed by atoms with E-state index in [0.717, 1.165) is 12.8 Å². The van der Waals surface area contributed by atoms with E-state index in [9.17, 15) is 4.79 Å². The molecule has 1 saturated carbocycles. The minimum Gasteiger partial charge on any atom is -0.308 e. The van der Waals surface area contributed by atoms with E-state index >= 15 is 0 Å². The van der Waals surface area contributed by atoms with Gasteiger partial charge in [-0.15, -0.1) is 0 Å². The minimum atomic E-state index is -0.0276. The van der Waals surface area contributed by atoms with E-state index in [1.807, 2.05) is 6.07 Å². The molecule has 5 heteroatoms. The second-order valence-electron chi connectivity index (χ2n) is 3.44. The molecule has 1 aliphatic rings. The van der Waals surface area contributed by atoms with Crippen LogP contribution in [0.5, 0.6) is 0 Å². The molecule has 14 heavy (non-hydrogen) atoms. The van der Waals surface area contributed by atoms with Crippen molar-refractivity contribution >= 4 is 11.7 Å². The van der Waals surface area contributed by atoms with E-state index in [1.54, 1.807) is 13.2 Å². The lowest BCUT2D eigenvalue weighted by Gasteiger charge is -1.98. The molecule has 0 atom stereocenters. The molecule has 0 bridgehead atoms. The lowest BCUT2D eigenvalue weighted by Crippen LogP contribution is -2.14. The fraction of sp³-hybridized carbons (Fsp3) is 0.444. The summed E-state index contributed by atoms with van der Waals surface area (Å²) in [5.41, 5.74) is 0.404. The molecular weight excluding hydrogens is 180 g/mol. The average molecular weight is 190 g/mol. The third-order valence-corrected chi connectivity index (χ3v) is 2.14. The van der Waals surface area contributed by atoms with E-state index < -0.39 is 0 Å². The van der Waals surface area contributed by atoms with Crippen LogP contribution < -0.4 is 5.32 Å². The summed E-state index contributed by atoms with van der Waals surface area (Å²) in [6.07, 6.45) is 3.48. The third kappa shape index (κ3) is 1.59. The molecule has 1 aliphatic carbocycles. The second-order valence-corrected chi connectivity index (χ2v) is 3.44. The molecule has 1 N–H and O–H groups in total. The van der Waals surface area contributed by atoms with Gasteiger partial charge in [-0.2, -0.15) is 10.4 Å². The summed E-state index contributed by atoms with van der Waals surface area (Å²) in [5.74, 6) is 0.468. The van der Waals surface area contributed by atoms with Gasteiger partial charge in [0.25, 0.3) is 0 Å². The Kier molecular flexibility index (Phi) is 1.97. The monoisotopic (exact) mass is 190 g/mol. The summed E-state index contributed by atoms with van der Waals surface area (Å²) in [5, 5.41) is 15.4. The Bertz CT molecular complexity index is 411. The van der Waals surface area contributed by atoms with Crippen LogP contribution in [0.3, 0.4) is 0 Å². The first kappa shape index (κ1) is 8.75. The quantitative estimate of drug-likeness (QED) is 0.743. The van der Waals surface area contributed by atoms with Gasteiger partial charge in [0.15, 0.2) is 5.82 Å². The first-order valence-corrected chi connectivity index (χ1v) is 4.45. The number of carbonyl (C=O) groups excluding carboxylic acids is 1. The van der Waals surface area contributed by atoms with Gasteiger partial charge in [-0.05, 0) is 12.8 Å². The molecule has 0 unspecified atom stereocenters. The maximum atomic E-state index is 11.4. The molecule has 0 radical (unpaired) electrons. The maximum absolute atomic E-state index is 11.4. The number of nitriles is 1. The molecule has 0 saturated heterocycles. The number of aryl methyl sites for hydroxylation is 1. The molecular formula is C9H10N4O. The van der Waals surface area contributed by atoms with Crippen molar-refractivity contribution in [3.8, 4) is 6.07 Å². The number of carbonyl (C=O) groups is 1. The molecule has 5 nitrogen and oxygen atoms in total. The van der Waals surface area contributed by atoms with Crippen molar-refractivity contribution in [2.75, 3.05) is 5.32 Å². The summed E-state index contributed by atoms with van der Waals surface area (Å²) in [6.45, 7) is 0. The predicted molar refractivity (Wildman–Crippen MR) is 49.3 cm³/mol. The molecule has 2 rings (SSSR count). The van der Waals surface area contributed by atoms with Gasteiger partial charge in [0.1, 0.15) is 11.6 Å². The normalized spacial score (nSPS) is 14.9. The van der Waals surface area contributed by atoms with Gasteiger partial charge < -0.3 is 5.32 Å². The Labute approximate surface area is 81.3 Å². The number of hydrogen-bond acceptors (Lipinski definition) is 3. The fourth-order valence-corrected chi connectivity index (χ4v) is 1.23. The van der Waals surface area contributed by atoms with Gasteiger partial charge >= 0.3 is 0 Å². The number of aromatic nitrogens is 2. The van der Waals surface area contributed by atoms with Gasteiger partial charge in [0, 0.05) is 19.2 Å². The van der Waals surface area contributed by atoms with Crippen molar-refractivity contribution in [1.29, 1.82) is 5.26 Å². The molecule has 1 amide bonds. The van der Waals surface area contributed by atoms with Crippen molar-refractivity contribution < 1.29 is 4.79 Å². The van der Waals surface area contributed by atoms with Crippen LogP contribution in [-0.2, 0) is 11.8 Å². The summed E-state index contributed by atoms with van der Waals surface area (Å²) in [7, 11) is 1.72. The topological polar surface area (TPSA) is 70.7 Å². The van der Waals surface area contributed by atoms with Crippen molar-refractivity contribution in [2.24, 2.45) is 13.0 Å². The third-order valence-electron chi connectivity index (χ3n) is 2.14. The molecule has 0 aromatic carbocycles. The van der Waals surface area contributed by atoms with Crippen LogP contribution >= 0.6 is 0 Å². The number of anilines is 1. The Morgan fingerprint density at radius 2 is 2.50 bits per heavy atom. The molecule has 1 heterocycles. The van der Waals surface area contributed by atoms with Crippen molar-refractivity contribution in [3.63, 3.8) is 0 Å². The number of nitrogens with one attached hydrogen (secondary N) is 1. The van der Waals surface area contributed by atoms with Gasteiger partial charge in [0.2, 0.25) is 5.91 Å². The van der Waals surface area contributed by atoms with E-state index in [0.29, 0.717) is 11.4 Å². The van der Waals surface area contributed by atoms with Crippen LogP contribution in [0.15, 0.2) is 6.20 Å². The zero-order valence-corrected chi connectivity index (χ0v) is 7.82. The molecule has 72 valence electrons. The smallest absolute Gasteiger partial charge is 0.228 e. The highest BCUT2D eigenvalue weighted by atomic mass is 16.2. The standard InChI is InChI=1S/C9H10N4O/c1-13-5-7(4-10)8(12-13)11-9(14)6-2-3-6/h5-6H,2-3H2,1H3,(H,11,12,14). The SMILES string of the molecule is Cn1cc(C#N)c(NC(=O)C2CC2)n1. The van der Waals surface area contributed by atoms with Crippen molar-refractivity contribution in [2.45, 2.75) is 12.8 Å². The zero-order chi connectivity index (χ0) is 10.1. The van der Waals surface area contributed by atoms with Crippen molar-refractivity contribution in [3.05, 3.63) is 11.8 Å². The van der Waals surface area contributed by atoms with Crippen LogP contribution in [0.1, 0.15) is 18.4 Å². The summed E-state index contributed by atoms with van der Waals surface area (Å²) in [6, 6.07) is 1.98. The number of nitrogens with zero attached hydrogens (tertiary/aromatic N) is 3. The van der Waals surface area contributed by atoms with E-state index in [1.165, 1.54) is 4.68 Å². The molecule has 1 aromatic heterocycles. The van der Waals surface area contributed by atoms with Crippen LogP contribution in [-0.4, -0.2) is 15.7 Å². The van der Waals surface area contributed by atoms with E-state index in [2.05, 4.69) is 10.4 Å². The zero-order valence-electron chi connectivity index (χ0n) is 7.82. The molecule has 0 aliphatic heterocycles. The summed E-state index contributed by atoms with van der Waals surface area (Å²) < 4.78 is 1.51. The number of rotatable bonds is 2. The van der Waals surface area contributed by atoms with Gasteiger partial charge in [-0.25, -0.2) is 0 Å². The largest absolute Gasteiger partial charge is 0.308 e. The van der Waals surface area contributed by atoms with Crippen LogP contribution in [0, 0.1) is 17.2 Å². The molecule has 1 fully saturated rings. The van der Waals surface area contributed by atoms with Crippen molar-refractivity contribution in [1.82, 2.24) is 9.78 Å². The van der Waals surface area contributed by atoms with Gasteiger partial charge in [0.05, 0.1) is 0 Å². The minimum absolute atomic E-state index is 0.0276. The van der Waals surface area contributed by atoms with E-state index in [-0.39, 0.29) is 11.8 Å². The Balaban J connectivity index is 2.15. The van der Waals surface area contributed by atoms with E-state index in [4.69, 9.17) is 5.26 Å². The fourth-order valence-electron chi connectivity index (χ4n) is 1.23. The lowest BCUT2D eigenvalue weighted by molar-refractivity contribution is -0.117. The first-order valence-electron chi connectivity index (χ1n) is 4.45. The Hall–Kier alpha value is -1.83.